The zero-order chi connectivity index (χ0) is 17.8. The lowest BCUT2D eigenvalue weighted by Gasteiger charge is -2.36. The molecule has 1 atom stereocenters. The third-order valence-corrected chi connectivity index (χ3v) is 5.24. The Balaban J connectivity index is 1.29. The molecular weight excluding hydrogens is 328 g/mol. The molecule has 0 radical (unpaired) electrons. The molecule has 0 spiro atoms. The molecule has 1 fully saturated rings. The van der Waals surface area contributed by atoms with Crippen LogP contribution in [0.4, 0.5) is 0 Å². The Morgan fingerprint density at radius 3 is 2.81 bits per heavy atom. The van der Waals surface area contributed by atoms with E-state index in [9.17, 15) is 4.79 Å². The topological polar surface area (TPSA) is 50.6 Å². The van der Waals surface area contributed by atoms with Gasteiger partial charge in [0.25, 0.3) is 0 Å². The van der Waals surface area contributed by atoms with Gasteiger partial charge in [0.2, 0.25) is 5.91 Å². The van der Waals surface area contributed by atoms with Crippen molar-refractivity contribution in [3.63, 3.8) is 0 Å². The smallest absolute Gasteiger partial charge is 0.224 e. The van der Waals surface area contributed by atoms with Crippen LogP contribution in [0.15, 0.2) is 42.6 Å². The monoisotopic (exact) mass is 354 g/mol. The molecule has 2 aliphatic heterocycles. The molecule has 1 aromatic heterocycles. The van der Waals surface area contributed by atoms with E-state index in [4.69, 9.17) is 4.74 Å². The molecular formula is C20H26N4O2. The van der Waals surface area contributed by atoms with Crippen LogP contribution >= 0.6 is 0 Å². The van der Waals surface area contributed by atoms with Gasteiger partial charge in [0.1, 0.15) is 0 Å². The summed E-state index contributed by atoms with van der Waals surface area (Å²) in [6.45, 7) is 5.74. The first-order chi connectivity index (χ1) is 12.8. The lowest BCUT2D eigenvalue weighted by Crippen LogP contribution is -2.45. The summed E-state index contributed by atoms with van der Waals surface area (Å²) in [5, 5.41) is 4.45. The number of nitrogens with zero attached hydrogens (tertiary/aromatic N) is 4. The molecule has 0 aliphatic carbocycles. The molecule has 2 aliphatic rings. The molecule has 6 heteroatoms. The van der Waals surface area contributed by atoms with E-state index in [1.165, 1.54) is 11.3 Å². The van der Waals surface area contributed by atoms with Crippen LogP contribution in [0.5, 0.6) is 0 Å². The number of hydrogen-bond donors (Lipinski definition) is 0. The lowest BCUT2D eigenvalue weighted by molar-refractivity contribution is -0.135. The number of carbonyl (C=O) groups excluding carboxylic acids is 1. The SMILES string of the molecule is O=C(CC1CN(CCOCc2ccccc2)Cc2ccnn21)N1CCC1. The lowest BCUT2D eigenvalue weighted by atomic mass is 10.1. The van der Waals surface area contributed by atoms with Crippen LogP contribution in [0.3, 0.4) is 0 Å². The molecule has 26 heavy (non-hydrogen) atoms. The van der Waals surface area contributed by atoms with Gasteiger partial charge in [-0.1, -0.05) is 30.3 Å². The quantitative estimate of drug-likeness (QED) is 0.715. The van der Waals surface area contributed by atoms with Gasteiger partial charge in [-0.2, -0.15) is 5.10 Å². The summed E-state index contributed by atoms with van der Waals surface area (Å²) in [6.07, 6.45) is 3.51. The van der Waals surface area contributed by atoms with E-state index in [0.29, 0.717) is 19.6 Å². The van der Waals surface area contributed by atoms with Gasteiger partial charge in [0.05, 0.1) is 31.4 Å². The van der Waals surface area contributed by atoms with Gasteiger partial charge >= 0.3 is 0 Å². The highest BCUT2D eigenvalue weighted by Crippen LogP contribution is 2.24. The minimum atomic E-state index is 0.121. The number of aromatic nitrogens is 2. The average molecular weight is 354 g/mol. The highest BCUT2D eigenvalue weighted by atomic mass is 16.5. The van der Waals surface area contributed by atoms with Crippen molar-refractivity contribution in [2.75, 3.05) is 32.8 Å². The minimum absolute atomic E-state index is 0.121. The summed E-state index contributed by atoms with van der Waals surface area (Å²) in [7, 11) is 0. The van der Waals surface area contributed by atoms with Crippen molar-refractivity contribution in [2.45, 2.75) is 32.0 Å². The normalized spacial score (nSPS) is 19.8. The Hall–Kier alpha value is -2.18. The highest BCUT2D eigenvalue weighted by molar-refractivity contribution is 5.77. The standard InChI is InChI=1S/C20H26N4O2/c25-20(23-9-4-10-23)13-19-15-22(14-18-7-8-21-24(18)19)11-12-26-16-17-5-2-1-3-6-17/h1-3,5-8,19H,4,9-16H2. The number of ether oxygens (including phenoxy) is 1. The summed E-state index contributed by atoms with van der Waals surface area (Å²) in [5.74, 6) is 0.255. The number of carbonyl (C=O) groups is 1. The van der Waals surface area contributed by atoms with E-state index in [1.54, 1.807) is 0 Å². The number of rotatable bonds is 7. The van der Waals surface area contributed by atoms with E-state index in [1.807, 2.05) is 34.0 Å². The second kappa shape index (κ2) is 8.01. The predicted octanol–water partition coefficient (Wildman–Crippen LogP) is 2.08. The largest absolute Gasteiger partial charge is 0.375 e. The van der Waals surface area contributed by atoms with Crippen molar-refractivity contribution in [1.82, 2.24) is 19.6 Å². The Morgan fingerprint density at radius 2 is 2.04 bits per heavy atom. The summed E-state index contributed by atoms with van der Waals surface area (Å²) in [5.41, 5.74) is 2.38. The van der Waals surface area contributed by atoms with Crippen molar-refractivity contribution < 1.29 is 9.53 Å². The molecule has 1 unspecified atom stereocenters. The molecule has 0 bridgehead atoms. The van der Waals surface area contributed by atoms with E-state index in [0.717, 1.165) is 39.1 Å². The van der Waals surface area contributed by atoms with Crippen molar-refractivity contribution in [3.8, 4) is 0 Å². The first kappa shape index (κ1) is 17.2. The fraction of sp³-hybridized carbons (Fsp3) is 0.500. The maximum absolute atomic E-state index is 12.4. The highest BCUT2D eigenvalue weighted by Gasteiger charge is 2.30. The van der Waals surface area contributed by atoms with Gasteiger partial charge in [-0.15, -0.1) is 0 Å². The number of hydrogen-bond acceptors (Lipinski definition) is 4. The van der Waals surface area contributed by atoms with Crippen LogP contribution in [-0.2, 0) is 22.7 Å². The van der Waals surface area contributed by atoms with Gasteiger partial charge in [0.15, 0.2) is 0 Å². The summed E-state index contributed by atoms with van der Waals surface area (Å²) in [4.78, 5) is 16.7. The van der Waals surface area contributed by atoms with Crippen LogP contribution < -0.4 is 0 Å². The number of amides is 1. The van der Waals surface area contributed by atoms with E-state index >= 15 is 0 Å². The fourth-order valence-corrected chi connectivity index (χ4v) is 3.64. The van der Waals surface area contributed by atoms with E-state index in [-0.39, 0.29) is 11.9 Å². The third-order valence-electron chi connectivity index (χ3n) is 5.24. The zero-order valence-electron chi connectivity index (χ0n) is 15.1. The van der Waals surface area contributed by atoms with Gasteiger partial charge in [-0.3, -0.25) is 14.4 Å². The predicted molar refractivity (Wildman–Crippen MR) is 98.5 cm³/mol. The molecule has 0 N–H and O–H groups in total. The second-order valence-corrected chi connectivity index (χ2v) is 7.13. The summed E-state index contributed by atoms with van der Waals surface area (Å²) in [6, 6.07) is 12.4. The Bertz CT molecular complexity index is 726. The summed E-state index contributed by atoms with van der Waals surface area (Å²) >= 11 is 0. The molecule has 1 amide bonds. The number of benzene rings is 1. The first-order valence-corrected chi connectivity index (χ1v) is 9.44. The number of fused-ring (bicyclic) bond motifs is 1. The Morgan fingerprint density at radius 1 is 1.19 bits per heavy atom. The van der Waals surface area contributed by atoms with Crippen molar-refractivity contribution in [1.29, 1.82) is 0 Å². The zero-order valence-corrected chi connectivity index (χ0v) is 15.1. The third kappa shape index (κ3) is 3.97. The molecule has 2 aromatic rings. The Labute approximate surface area is 154 Å². The van der Waals surface area contributed by atoms with Crippen LogP contribution in [0.1, 0.15) is 30.1 Å². The van der Waals surface area contributed by atoms with Crippen molar-refractivity contribution in [2.24, 2.45) is 0 Å². The van der Waals surface area contributed by atoms with Crippen LogP contribution in [-0.4, -0.2) is 58.3 Å². The molecule has 4 rings (SSSR count). The number of likely N-dealkylation sites (tertiary alicyclic amines) is 1. The van der Waals surface area contributed by atoms with Crippen molar-refractivity contribution >= 4 is 5.91 Å². The molecule has 138 valence electrons. The van der Waals surface area contributed by atoms with E-state index < -0.39 is 0 Å². The Kier molecular flexibility index (Phi) is 5.32. The molecule has 3 heterocycles. The molecule has 1 saturated heterocycles. The van der Waals surface area contributed by atoms with Crippen LogP contribution in [0.2, 0.25) is 0 Å². The molecule has 6 nitrogen and oxygen atoms in total. The fourth-order valence-electron chi connectivity index (χ4n) is 3.64. The summed E-state index contributed by atoms with van der Waals surface area (Å²) < 4.78 is 7.87. The van der Waals surface area contributed by atoms with Crippen LogP contribution in [0.25, 0.3) is 0 Å². The van der Waals surface area contributed by atoms with Gasteiger partial charge in [0, 0.05) is 38.9 Å². The van der Waals surface area contributed by atoms with E-state index in [2.05, 4.69) is 28.2 Å². The van der Waals surface area contributed by atoms with Crippen molar-refractivity contribution in [3.05, 3.63) is 53.9 Å². The maximum Gasteiger partial charge on any atom is 0.224 e. The first-order valence-electron chi connectivity index (χ1n) is 9.44. The molecule has 1 aromatic carbocycles. The molecule has 0 saturated carbocycles. The maximum atomic E-state index is 12.4. The second-order valence-electron chi connectivity index (χ2n) is 7.13. The van der Waals surface area contributed by atoms with Gasteiger partial charge < -0.3 is 9.64 Å². The average Bonchev–Trinajstić information content (AvgIpc) is 3.07. The van der Waals surface area contributed by atoms with Gasteiger partial charge in [-0.05, 0) is 18.1 Å². The van der Waals surface area contributed by atoms with Crippen LogP contribution in [0, 0.1) is 0 Å². The minimum Gasteiger partial charge on any atom is -0.375 e. The van der Waals surface area contributed by atoms with Gasteiger partial charge in [-0.25, -0.2) is 0 Å².